The quantitative estimate of drug-likeness (QED) is 0.772. The van der Waals surface area contributed by atoms with Gasteiger partial charge in [0.25, 0.3) is 0 Å². The number of hydrogen-bond donors (Lipinski definition) is 0. The molecule has 1 aromatic rings. The van der Waals surface area contributed by atoms with E-state index in [1.54, 1.807) is 7.11 Å². The van der Waals surface area contributed by atoms with Crippen LogP contribution in [-0.2, 0) is 0 Å². The first-order valence-electron chi connectivity index (χ1n) is 5.89. The van der Waals surface area contributed by atoms with Crippen LogP contribution < -0.4 is 4.74 Å². The Morgan fingerprint density at radius 1 is 1.38 bits per heavy atom. The van der Waals surface area contributed by atoms with Gasteiger partial charge in [-0.2, -0.15) is 0 Å². The first-order valence-corrected chi connectivity index (χ1v) is 5.89. The van der Waals surface area contributed by atoms with Crippen LogP contribution in [0.15, 0.2) is 30.3 Å². The molecule has 0 unspecified atom stereocenters. The van der Waals surface area contributed by atoms with E-state index in [0.29, 0.717) is 0 Å². The van der Waals surface area contributed by atoms with Crippen LogP contribution in [0, 0.1) is 0 Å². The Morgan fingerprint density at radius 2 is 2.25 bits per heavy atom. The molecule has 0 fully saturated rings. The number of hydrogen-bond acceptors (Lipinski definition) is 2. The Labute approximate surface area is 97.5 Å². The predicted octanol–water partition coefficient (Wildman–Crippen LogP) is 2.80. The van der Waals surface area contributed by atoms with Crippen LogP contribution >= 0.6 is 0 Å². The fourth-order valence-corrected chi connectivity index (χ4v) is 2.08. The molecular weight excluding hydrogens is 198 g/mol. The highest BCUT2D eigenvalue weighted by molar-refractivity contribution is 5.67. The van der Waals surface area contributed by atoms with Gasteiger partial charge in [0.1, 0.15) is 5.75 Å². The van der Waals surface area contributed by atoms with Crippen molar-refractivity contribution in [3.05, 3.63) is 35.9 Å². The minimum atomic E-state index is 0.941. The van der Waals surface area contributed by atoms with Crippen molar-refractivity contribution < 1.29 is 4.74 Å². The van der Waals surface area contributed by atoms with E-state index in [9.17, 15) is 0 Å². The topological polar surface area (TPSA) is 12.5 Å². The lowest BCUT2D eigenvalue weighted by Gasteiger charge is -2.25. The van der Waals surface area contributed by atoms with E-state index in [0.717, 1.165) is 25.3 Å². The second-order valence-corrected chi connectivity index (χ2v) is 4.10. The summed E-state index contributed by atoms with van der Waals surface area (Å²) < 4.78 is 5.25. The van der Waals surface area contributed by atoms with Crippen LogP contribution in [0.5, 0.6) is 5.75 Å². The van der Waals surface area contributed by atoms with Gasteiger partial charge in [-0.25, -0.2) is 0 Å². The minimum Gasteiger partial charge on any atom is -0.497 e. The molecule has 86 valence electrons. The molecule has 0 radical (unpaired) electrons. The molecule has 0 N–H and O–H groups in total. The van der Waals surface area contributed by atoms with Crippen LogP contribution in [0.3, 0.4) is 0 Å². The van der Waals surface area contributed by atoms with Gasteiger partial charge in [-0.3, -0.25) is 4.90 Å². The van der Waals surface area contributed by atoms with Crippen LogP contribution in [0.2, 0.25) is 0 Å². The highest BCUT2D eigenvalue weighted by Crippen LogP contribution is 2.25. The standard InChI is InChI=1S/C14H19NO/c1-3-15-9-7-12(8-10-15)13-5-4-6-14(11-13)16-2/h4-7,11H,3,8-10H2,1-2H3. The van der Waals surface area contributed by atoms with Gasteiger partial charge in [0.05, 0.1) is 7.11 Å². The fourth-order valence-electron chi connectivity index (χ4n) is 2.08. The Hall–Kier alpha value is -1.28. The predicted molar refractivity (Wildman–Crippen MR) is 67.7 cm³/mol. The van der Waals surface area contributed by atoms with Crippen LogP contribution in [0.4, 0.5) is 0 Å². The molecule has 2 heteroatoms. The second-order valence-electron chi connectivity index (χ2n) is 4.10. The summed E-state index contributed by atoms with van der Waals surface area (Å²) in [6.07, 6.45) is 3.47. The van der Waals surface area contributed by atoms with Gasteiger partial charge >= 0.3 is 0 Å². The molecule has 0 bridgehead atoms. The summed E-state index contributed by atoms with van der Waals surface area (Å²) in [7, 11) is 1.72. The monoisotopic (exact) mass is 217 g/mol. The lowest BCUT2D eigenvalue weighted by Crippen LogP contribution is -2.27. The van der Waals surface area contributed by atoms with Gasteiger partial charge < -0.3 is 4.74 Å². The van der Waals surface area contributed by atoms with E-state index in [2.05, 4.69) is 36.1 Å². The van der Waals surface area contributed by atoms with Crippen molar-refractivity contribution in [3.63, 3.8) is 0 Å². The van der Waals surface area contributed by atoms with Crippen molar-refractivity contribution in [2.75, 3.05) is 26.7 Å². The smallest absolute Gasteiger partial charge is 0.119 e. The average Bonchev–Trinajstić information content (AvgIpc) is 2.39. The highest BCUT2D eigenvalue weighted by Gasteiger charge is 2.11. The average molecular weight is 217 g/mol. The molecule has 1 aliphatic heterocycles. The minimum absolute atomic E-state index is 0.941. The van der Waals surface area contributed by atoms with Gasteiger partial charge in [0, 0.05) is 13.1 Å². The van der Waals surface area contributed by atoms with Gasteiger partial charge in [-0.15, -0.1) is 0 Å². The number of benzene rings is 1. The van der Waals surface area contributed by atoms with E-state index < -0.39 is 0 Å². The number of likely N-dealkylation sites (N-methyl/N-ethyl adjacent to an activating group) is 1. The largest absolute Gasteiger partial charge is 0.497 e. The van der Waals surface area contributed by atoms with Gasteiger partial charge in [0.2, 0.25) is 0 Å². The molecule has 0 saturated heterocycles. The molecule has 0 aromatic heterocycles. The Morgan fingerprint density at radius 3 is 2.88 bits per heavy atom. The lowest BCUT2D eigenvalue weighted by molar-refractivity contribution is 0.318. The van der Waals surface area contributed by atoms with E-state index in [4.69, 9.17) is 4.74 Å². The Bertz CT molecular complexity index is 384. The summed E-state index contributed by atoms with van der Waals surface area (Å²) in [6, 6.07) is 8.33. The summed E-state index contributed by atoms with van der Waals surface area (Å²) in [6.45, 7) is 5.59. The summed E-state index contributed by atoms with van der Waals surface area (Å²) in [4.78, 5) is 2.45. The molecule has 2 nitrogen and oxygen atoms in total. The number of methoxy groups -OCH3 is 1. The first kappa shape index (κ1) is 11.2. The van der Waals surface area contributed by atoms with Crippen molar-refractivity contribution >= 4 is 5.57 Å². The third-order valence-corrected chi connectivity index (χ3v) is 3.18. The maximum atomic E-state index is 5.25. The third kappa shape index (κ3) is 2.45. The van der Waals surface area contributed by atoms with Crippen molar-refractivity contribution in [3.8, 4) is 5.75 Å². The van der Waals surface area contributed by atoms with Gasteiger partial charge in [-0.05, 0) is 36.2 Å². The molecule has 16 heavy (non-hydrogen) atoms. The Balaban J connectivity index is 2.15. The van der Waals surface area contributed by atoms with Gasteiger partial charge in [-0.1, -0.05) is 25.1 Å². The lowest BCUT2D eigenvalue weighted by atomic mass is 9.99. The van der Waals surface area contributed by atoms with Crippen LogP contribution in [0.25, 0.3) is 5.57 Å². The summed E-state index contributed by atoms with van der Waals surface area (Å²) in [5.41, 5.74) is 2.75. The molecule has 0 spiro atoms. The molecule has 1 aliphatic rings. The van der Waals surface area contributed by atoms with E-state index in [1.165, 1.54) is 17.7 Å². The molecule has 1 heterocycles. The molecule has 0 aliphatic carbocycles. The summed E-state index contributed by atoms with van der Waals surface area (Å²) in [5.74, 6) is 0.941. The fraction of sp³-hybridized carbons (Fsp3) is 0.429. The summed E-state index contributed by atoms with van der Waals surface area (Å²) >= 11 is 0. The molecule has 0 amide bonds. The highest BCUT2D eigenvalue weighted by atomic mass is 16.5. The van der Waals surface area contributed by atoms with Crippen molar-refractivity contribution in [2.45, 2.75) is 13.3 Å². The number of ether oxygens (including phenoxy) is 1. The van der Waals surface area contributed by atoms with Crippen molar-refractivity contribution in [2.24, 2.45) is 0 Å². The van der Waals surface area contributed by atoms with Crippen molar-refractivity contribution in [1.29, 1.82) is 0 Å². The van der Waals surface area contributed by atoms with E-state index >= 15 is 0 Å². The van der Waals surface area contributed by atoms with Gasteiger partial charge in [0.15, 0.2) is 0 Å². The molecule has 0 saturated carbocycles. The second kappa shape index (κ2) is 5.17. The zero-order valence-electron chi connectivity index (χ0n) is 10.1. The molecular formula is C14H19NO. The van der Waals surface area contributed by atoms with E-state index in [-0.39, 0.29) is 0 Å². The third-order valence-electron chi connectivity index (χ3n) is 3.18. The van der Waals surface area contributed by atoms with Crippen LogP contribution in [-0.4, -0.2) is 31.6 Å². The zero-order valence-corrected chi connectivity index (χ0v) is 10.1. The molecule has 2 rings (SSSR count). The molecule has 0 atom stereocenters. The number of rotatable bonds is 3. The number of nitrogens with zero attached hydrogens (tertiary/aromatic N) is 1. The zero-order chi connectivity index (χ0) is 11.4. The maximum Gasteiger partial charge on any atom is 0.119 e. The maximum absolute atomic E-state index is 5.25. The van der Waals surface area contributed by atoms with E-state index in [1.807, 2.05) is 6.07 Å². The Kier molecular flexibility index (Phi) is 3.62. The summed E-state index contributed by atoms with van der Waals surface area (Å²) in [5, 5.41) is 0. The normalized spacial score (nSPS) is 17.0. The SMILES string of the molecule is CCN1CC=C(c2cccc(OC)c2)CC1. The van der Waals surface area contributed by atoms with Crippen molar-refractivity contribution in [1.82, 2.24) is 4.90 Å². The molecule has 1 aromatic carbocycles. The first-order chi connectivity index (χ1) is 7.83. The van der Waals surface area contributed by atoms with Crippen LogP contribution in [0.1, 0.15) is 18.9 Å².